The molecule has 11 heavy (non-hydrogen) atoms. The van der Waals surface area contributed by atoms with Gasteiger partial charge in [-0.3, -0.25) is 4.79 Å². The predicted octanol–water partition coefficient (Wildman–Crippen LogP) is 0.810. The Bertz CT molecular complexity index is 239. The minimum atomic E-state index is -0.111. The van der Waals surface area contributed by atoms with E-state index in [9.17, 15) is 4.79 Å². The lowest BCUT2D eigenvalue weighted by molar-refractivity contribution is -0.113. The van der Waals surface area contributed by atoms with Crippen LogP contribution >= 0.6 is 15.9 Å². The zero-order chi connectivity index (χ0) is 8.10. The Morgan fingerprint density at radius 1 is 1.55 bits per heavy atom. The number of nitrogens with one attached hydrogen (secondary N) is 1. The SMILES string of the molecule is O=C(CBr)Nc1cncnc1. The van der Waals surface area contributed by atoms with E-state index in [4.69, 9.17) is 0 Å². The summed E-state index contributed by atoms with van der Waals surface area (Å²) in [7, 11) is 0. The topological polar surface area (TPSA) is 54.9 Å². The molecule has 0 aliphatic heterocycles. The third-order valence-corrected chi connectivity index (χ3v) is 1.47. The van der Waals surface area contributed by atoms with Crippen molar-refractivity contribution in [3.63, 3.8) is 0 Å². The van der Waals surface area contributed by atoms with Crippen LogP contribution in [0, 0.1) is 0 Å². The maximum absolute atomic E-state index is 10.8. The fraction of sp³-hybridized carbons (Fsp3) is 0.167. The number of anilines is 1. The molecule has 1 aromatic rings. The molecule has 4 nitrogen and oxygen atoms in total. The second kappa shape index (κ2) is 4.02. The fourth-order valence-electron chi connectivity index (χ4n) is 0.558. The normalized spacial score (nSPS) is 9.18. The van der Waals surface area contributed by atoms with Crippen LogP contribution in [0.3, 0.4) is 0 Å². The van der Waals surface area contributed by atoms with Crippen LogP contribution < -0.4 is 5.32 Å². The zero-order valence-electron chi connectivity index (χ0n) is 5.62. The zero-order valence-corrected chi connectivity index (χ0v) is 7.21. The second-order valence-corrected chi connectivity index (χ2v) is 2.37. The number of amides is 1. The Morgan fingerprint density at radius 3 is 2.73 bits per heavy atom. The number of nitrogens with zero attached hydrogens (tertiary/aromatic N) is 2. The molecule has 0 bridgehead atoms. The van der Waals surface area contributed by atoms with Crippen molar-refractivity contribution in [1.29, 1.82) is 0 Å². The quantitative estimate of drug-likeness (QED) is 0.744. The summed E-state index contributed by atoms with van der Waals surface area (Å²) in [6, 6.07) is 0. The van der Waals surface area contributed by atoms with Crippen LogP contribution in [0.4, 0.5) is 5.69 Å². The number of hydrogen-bond donors (Lipinski definition) is 1. The van der Waals surface area contributed by atoms with E-state index >= 15 is 0 Å². The highest BCUT2D eigenvalue weighted by Crippen LogP contribution is 1.99. The smallest absolute Gasteiger partial charge is 0.235 e. The van der Waals surface area contributed by atoms with Gasteiger partial charge in [0.25, 0.3) is 0 Å². The van der Waals surface area contributed by atoms with E-state index in [-0.39, 0.29) is 11.2 Å². The van der Waals surface area contributed by atoms with Crippen LogP contribution in [-0.2, 0) is 4.79 Å². The number of aromatic nitrogens is 2. The Balaban J connectivity index is 2.58. The van der Waals surface area contributed by atoms with E-state index in [1.807, 2.05) is 0 Å². The maximum atomic E-state index is 10.8. The minimum Gasteiger partial charge on any atom is -0.323 e. The maximum Gasteiger partial charge on any atom is 0.235 e. The number of carbonyl (C=O) groups excluding carboxylic acids is 1. The van der Waals surface area contributed by atoms with Gasteiger partial charge in [0.15, 0.2) is 0 Å². The second-order valence-electron chi connectivity index (χ2n) is 1.81. The summed E-state index contributed by atoms with van der Waals surface area (Å²) in [6.45, 7) is 0. The number of rotatable bonds is 2. The molecule has 1 rings (SSSR count). The number of hydrogen-bond acceptors (Lipinski definition) is 3. The van der Waals surface area contributed by atoms with E-state index in [2.05, 4.69) is 31.2 Å². The molecule has 1 aromatic heterocycles. The first-order valence-corrected chi connectivity index (χ1v) is 4.06. The molecular weight excluding hydrogens is 210 g/mol. The van der Waals surface area contributed by atoms with Gasteiger partial charge in [-0.2, -0.15) is 0 Å². The van der Waals surface area contributed by atoms with Gasteiger partial charge in [-0.05, 0) is 0 Å². The highest BCUT2D eigenvalue weighted by molar-refractivity contribution is 9.09. The molecule has 0 saturated heterocycles. The van der Waals surface area contributed by atoms with Crippen molar-refractivity contribution in [2.45, 2.75) is 0 Å². The van der Waals surface area contributed by atoms with Crippen LogP contribution in [0.1, 0.15) is 0 Å². The first-order chi connectivity index (χ1) is 5.33. The van der Waals surface area contributed by atoms with Gasteiger partial charge >= 0.3 is 0 Å². The Hall–Kier alpha value is -0.970. The first-order valence-electron chi connectivity index (χ1n) is 2.94. The van der Waals surface area contributed by atoms with Crippen molar-refractivity contribution < 1.29 is 4.79 Å². The third-order valence-electron chi connectivity index (χ3n) is 0.966. The molecular formula is C6H6BrN3O. The molecule has 58 valence electrons. The summed E-state index contributed by atoms with van der Waals surface area (Å²) in [4.78, 5) is 18.2. The lowest BCUT2D eigenvalue weighted by atomic mass is 10.5. The molecule has 0 unspecified atom stereocenters. The van der Waals surface area contributed by atoms with Crippen molar-refractivity contribution in [1.82, 2.24) is 9.97 Å². The van der Waals surface area contributed by atoms with Crippen LogP contribution in [0.25, 0.3) is 0 Å². The standard InChI is InChI=1S/C6H6BrN3O/c7-1-6(11)10-5-2-8-4-9-3-5/h2-4H,1H2,(H,10,11). The third kappa shape index (κ3) is 2.63. The predicted molar refractivity (Wildman–Crippen MR) is 44.5 cm³/mol. The molecule has 0 spiro atoms. The molecule has 0 aromatic carbocycles. The molecule has 1 N–H and O–H groups in total. The van der Waals surface area contributed by atoms with E-state index in [1.165, 1.54) is 18.7 Å². The van der Waals surface area contributed by atoms with E-state index in [0.29, 0.717) is 5.69 Å². The average Bonchev–Trinajstić information content (AvgIpc) is 2.06. The van der Waals surface area contributed by atoms with Gasteiger partial charge in [0.1, 0.15) is 6.33 Å². The fourth-order valence-corrected chi connectivity index (χ4v) is 0.698. The van der Waals surface area contributed by atoms with Crippen molar-refractivity contribution in [3.05, 3.63) is 18.7 Å². The van der Waals surface area contributed by atoms with E-state index in [1.54, 1.807) is 0 Å². The van der Waals surface area contributed by atoms with Gasteiger partial charge in [0, 0.05) is 0 Å². The summed E-state index contributed by atoms with van der Waals surface area (Å²) >= 11 is 3.02. The molecule has 0 fully saturated rings. The van der Waals surface area contributed by atoms with Crippen LogP contribution in [0.5, 0.6) is 0 Å². The Morgan fingerprint density at radius 2 is 2.18 bits per heavy atom. The van der Waals surface area contributed by atoms with Gasteiger partial charge in [-0.25, -0.2) is 9.97 Å². The Labute approximate surface area is 72.2 Å². The van der Waals surface area contributed by atoms with Gasteiger partial charge in [-0.15, -0.1) is 0 Å². The molecule has 0 aliphatic carbocycles. The van der Waals surface area contributed by atoms with Gasteiger partial charge < -0.3 is 5.32 Å². The van der Waals surface area contributed by atoms with Crippen molar-refractivity contribution in [2.75, 3.05) is 10.6 Å². The highest BCUT2D eigenvalue weighted by atomic mass is 79.9. The summed E-state index contributed by atoms with van der Waals surface area (Å²) < 4.78 is 0. The van der Waals surface area contributed by atoms with Gasteiger partial charge in [0.05, 0.1) is 23.4 Å². The monoisotopic (exact) mass is 215 g/mol. The van der Waals surface area contributed by atoms with Gasteiger partial charge in [-0.1, -0.05) is 15.9 Å². The van der Waals surface area contributed by atoms with Gasteiger partial charge in [0.2, 0.25) is 5.91 Å². The lowest BCUT2D eigenvalue weighted by Crippen LogP contribution is -2.12. The number of carbonyl (C=O) groups is 1. The molecule has 1 heterocycles. The molecule has 0 radical (unpaired) electrons. The van der Waals surface area contributed by atoms with Crippen LogP contribution in [-0.4, -0.2) is 21.2 Å². The highest BCUT2D eigenvalue weighted by Gasteiger charge is 1.97. The van der Waals surface area contributed by atoms with Crippen molar-refractivity contribution in [2.24, 2.45) is 0 Å². The number of alkyl halides is 1. The lowest BCUT2D eigenvalue weighted by Gasteiger charge is -1.98. The molecule has 0 saturated carbocycles. The molecule has 0 aliphatic rings. The average molecular weight is 216 g/mol. The Kier molecular flexibility index (Phi) is 2.97. The van der Waals surface area contributed by atoms with Crippen LogP contribution in [0.2, 0.25) is 0 Å². The molecule has 1 amide bonds. The first kappa shape index (κ1) is 8.13. The largest absolute Gasteiger partial charge is 0.323 e. The van der Waals surface area contributed by atoms with E-state index < -0.39 is 0 Å². The summed E-state index contributed by atoms with van der Waals surface area (Å²) in [5, 5.41) is 2.86. The summed E-state index contributed by atoms with van der Waals surface area (Å²) in [5.74, 6) is -0.111. The summed E-state index contributed by atoms with van der Waals surface area (Å²) in [5.41, 5.74) is 0.608. The van der Waals surface area contributed by atoms with E-state index in [0.717, 1.165) is 0 Å². The molecule has 5 heteroatoms. The molecule has 0 atom stereocenters. The van der Waals surface area contributed by atoms with Crippen LogP contribution in [0.15, 0.2) is 18.7 Å². The minimum absolute atomic E-state index is 0.111. The summed E-state index contributed by atoms with van der Waals surface area (Å²) in [6.07, 6.45) is 4.48. The van der Waals surface area contributed by atoms with Crippen molar-refractivity contribution in [3.8, 4) is 0 Å². The van der Waals surface area contributed by atoms with Crippen molar-refractivity contribution >= 4 is 27.5 Å². The number of halogens is 1.